The van der Waals surface area contributed by atoms with Crippen molar-refractivity contribution in [1.82, 2.24) is 14.4 Å². The van der Waals surface area contributed by atoms with Crippen LogP contribution in [0.1, 0.15) is 21.6 Å². The SMILES string of the molecule is CN(Cc1cc2cc(O)ccc2n1C)C(=O)c1ccc2c(c1)CN(C)C(=O)[C@@H](CO)N2. The van der Waals surface area contributed by atoms with Crippen LogP contribution in [0, 0.1) is 0 Å². The van der Waals surface area contributed by atoms with Crippen molar-refractivity contribution in [1.29, 1.82) is 0 Å². The predicted octanol–water partition coefficient (Wildman–Crippen LogP) is 1.90. The number of aliphatic hydroxyl groups is 1. The van der Waals surface area contributed by atoms with Gasteiger partial charge in [-0.25, -0.2) is 0 Å². The summed E-state index contributed by atoms with van der Waals surface area (Å²) in [4.78, 5) is 28.6. The molecule has 2 heterocycles. The highest BCUT2D eigenvalue weighted by Gasteiger charge is 2.27. The van der Waals surface area contributed by atoms with E-state index in [9.17, 15) is 19.8 Å². The maximum atomic E-state index is 13.1. The fourth-order valence-electron chi connectivity index (χ4n) is 4.05. The second-order valence-electron chi connectivity index (χ2n) is 8.04. The van der Waals surface area contributed by atoms with E-state index in [4.69, 9.17) is 0 Å². The van der Waals surface area contributed by atoms with Crippen LogP contribution in [-0.2, 0) is 24.9 Å². The summed E-state index contributed by atoms with van der Waals surface area (Å²) in [6.45, 7) is 0.467. The number of benzene rings is 2. The number of carbonyl (C=O) groups excluding carboxylic acids is 2. The minimum absolute atomic E-state index is 0.132. The molecule has 1 aliphatic heterocycles. The fourth-order valence-corrected chi connectivity index (χ4v) is 4.05. The van der Waals surface area contributed by atoms with Crippen molar-refractivity contribution in [2.45, 2.75) is 19.1 Å². The molecule has 2 amide bonds. The van der Waals surface area contributed by atoms with Crippen LogP contribution >= 0.6 is 0 Å². The van der Waals surface area contributed by atoms with Crippen molar-refractivity contribution < 1.29 is 19.8 Å². The number of nitrogens with zero attached hydrogens (tertiary/aromatic N) is 3. The Hall–Kier alpha value is -3.52. The number of anilines is 1. The molecule has 0 aliphatic carbocycles. The van der Waals surface area contributed by atoms with E-state index in [2.05, 4.69) is 5.32 Å². The number of nitrogens with one attached hydrogen (secondary N) is 1. The molecule has 8 heteroatoms. The Morgan fingerprint density at radius 1 is 1.19 bits per heavy atom. The molecule has 31 heavy (non-hydrogen) atoms. The second kappa shape index (κ2) is 7.96. The molecule has 0 radical (unpaired) electrons. The fraction of sp³-hybridized carbons (Fsp3) is 0.304. The van der Waals surface area contributed by atoms with Gasteiger partial charge < -0.3 is 29.9 Å². The Balaban J connectivity index is 1.57. The van der Waals surface area contributed by atoms with Gasteiger partial charge in [0.1, 0.15) is 11.8 Å². The van der Waals surface area contributed by atoms with Gasteiger partial charge in [-0.2, -0.15) is 0 Å². The van der Waals surface area contributed by atoms with Crippen LogP contribution in [0.15, 0.2) is 42.5 Å². The van der Waals surface area contributed by atoms with Crippen molar-refractivity contribution in [2.75, 3.05) is 26.0 Å². The lowest BCUT2D eigenvalue weighted by molar-refractivity contribution is -0.131. The maximum absolute atomic E-state index is 13.1. The number of hydrogen-bond donors (Lipinski definition) is 3. The van der Waals surface area contributed by atoms with Crippen LogP contribution in [0.4, 0.5) is 5.69 Å². The molecule has 0 fully saturated rings. The van der Waals surface area contributed by atoms with E-state index in [0.29, 0.717) is 18.7 Å². The van der Waals surface area contributed by atoms with Gasteiger partial charge in [-0.3, -0.25) is 9.59 Å². The lowest BCUT2D eigenvalue weighted by atomic mass is 10.1. The van der Waals surface area contributed by atoms with Crippen molar-refractivity contribution in [3.05, 3.63) is 59.3 Å². The molecule has 0 bridgehead atoms. The molecule has 1 aliphatic rings. The van der Waals surface area contributed by atoms with Gasteiger partial charge in [0.15, 0.2) is 0 Å². The number of aliphatic hydroxyl groups excluding tert-OH is 1. The molecule has 4 rings (SSSR count). The zero-order chi connectivity index (χ0) is 22.3. The summed E-state index contributed by atoms with van der Waals surface area (Å²) in [5.74, 6) is -0.113. The van der Waals surface area contributed by atoms with E-state index in [1.54, 1.807) is 54.2 Å². The van der Waals surface area contributed by atoms with Crippen LogP contribution < -0.4 is 5.32 Å². The molecule has 3 N–H and O–H groups in total. The number of likely N-dealkylation sites (N-methyl/N-ethyl adjacent to an activating group) is 1. The number of fused-ring (bicyclic) bond motifs is 2. The summed E-state index contributed by atoms with van der Waals surface area (Å²) < 4.78 is 2.01. The summed E-state index contributed by atoms with van der Waals surface area (Å²) in [5, 5.41) is 23.2. The molecular formula is C23H26N4O4. The number of phenolic OH excluding ortho intramolecular Hbond substituents is 1. The first-order valence-electron chi connectivity index (χ1n) is 10.1. The Bertz CT molecular complexity index is 1170. The van der Waals surface area contributed by atoms with Gasteiger partial charge in [0.25, 0.3) is 5.91 Å². The largest absolute Gasteiger partial charge is 0.508 e. The van der Waals surface area contributed by atoms with Crippen LogP contribution in [0.3, 0.4) is 0 Å². The van der Waals surface area contributed by atoms with E-state index in [-0.39, 0.29) is 24.2 Å². The summed E-state index contributed by atoms with van der Waals surface area (Å²) >= 11 is 0. The topological polar surface area (TPSA) is 98.0 Å². The Labute approximate surface area is 180 Å². The third-order valence-corrected chi connectivity index (χ3v) is 5.82. The quantitative estimate of drug-likeness (QED) is 0.597. The van der Waals surface area contributed by atoms with Gasteiger partial charge in [0.2, 0.25) is 5.91 Å². The second-order valence-corrected chi connectivity index (χ2v) is 8.04. The average molecular weight is 422 g/mol. The first-order valence-corrected chi connectivity index (χ1v) is 10.1. The minimum atomic E-state index is -0.693. The zero-order valence-corrected chi connectivity index (χ0v) is 17.8. The van der Waals surface area contributed by atoms with Crippen LogP contribution in [0.5, 0.6) is 5.75 Å². The number of aromatic nitrogens is 1. The molecule has 0 saturated heterocycles. The molecule has 0 unspecified atom stereocenters. The van der Waals surface area contributed by atoms with Crippen molar-refractivity contribution in [3.8, 4) is 5.75 Å². The predicted molar refractivity (Wildman–Crippen MR) is 118 cm³/mol. The molecule has 1 aromatic heterocycles. The monoisotopic (exact) mass is 422 g/mol. The van der Waals surface area contributed by atoms with Gasteiger partial charge in [0.05, 0.1) is 13.2 Å². The summed E-state index contributed by atoms with van der Waals surface area (Å²) in [7, 11) is 5.37. The molecule has 0 saturated carbocycles. The van der Waals surface area contributed by atoms with Gasteiger partial charge in [-0.1, -0.05) is 0 Å². The van der Waals surface area contributed by atoms with Gasteiger partial charge in [0, 0.05) is 55.5 Å². The third kappa shape index (κ3) is 3.82. The highest BCUT2D eigenvalue weighted by Crippen LogP contribution is 2.26. The third-order valence-electron chi connectivity index (χ3n) is 5.82. The van der Waals surface area contributed by atoms with Crippen LogP contribution in [-0.4, -0.2) is 63.1 Å². The summed E-state index contributed by atoms with van der Waals surface area (Å²) in [6, 6.07) is 11.8. The number of aromatic hydroxyl groups is 1. The summed E-state index contributed by atoms with van der Waals surface area (Å²) in [6.07, 6.45) is 0. The highest BCUT2D eigenvalue weighted by molar-refractivity contribution is 5.95. The van der Waals surface area contributed by atoms with E-state index in [1.807, 2.05) is 23.7 Å². The van der Waals surface area contributed by atoms with Crippen LogP contribution in [0.25, 0.3) is 10.9 Å². The lowest BCUT2D eigenvalue weighted by Gasteiger charge is -2.19. The number of phenols is 1. The summed E-state index contributed by atoms with van der Waals surface area (Å²) in [5.41, 5.74) is 4.03. The van der Waals surface area contributed by atoms with E-state index in [0.717, 1.165) is 27.8 Å². The first-order chi connectivity index (χ1) is 14.8. The molecule has 2 aromatic carbocycles. The maximum Gasteiger partial charge on any atom is 0.253 e. The Morgan fingerprint density at radius 2 is 1.97 bits per heavy atom. The van der Waals surface area contributed by atoms with E-state index < -0.39 is 6.04 Å². The van der Waals surface area contributed by atoms with Crippen molar-refractivity contribution >= 4 is 28.4 Å². The molecular weight excluding hydrogens is 396 g/mol. The standard InChI is InChI=1S/C23H26N4O4/c1-25-11-16-8-14(4-6-19(16)24-20(13-28)23(25)31)22(30)26(2)12-17-9-15-10-18(29)5-7-21(15)27(17)3/h4-10,20,24,28-29H,11-13H2,1-3H3/t20-/m1/s1. The van der Waals surface area contributed by atoms with E-state index >= 15 is 0 Å². The van der Waals surface area contributed by atoms with Gasteiger partial charge in [-0.05, 0) is 48.0 Å². The average Bonchev–Trinajstić information content (AvgIpc) is 2.98. The smallest absolute Gasteiger partial charge is 0.253 e. The van der Waals surface area contributed by atoms with Gasteiger partial charge in [-0.15, -0.1) is 0 Å². The Morgan fingerprint density at radius 3 is 2.71 bits per heavy atom. The first kappa shape index (κ1) is 20.7. The van der Waals surface area contributed by atoms with E-state index in [1.165, 1.54) is 0 Å². The molecule has 8 nitrogen and oxygen atoms in total. The van der Waals surface area contributed by atoms with Gasteiger partial charge >= 0.3 is 0 Å². The zero-order valence-electron chi connectivity index (χ0n) is 17.8. The lowest BCUT2D eigenvalue weighted by Crippen LogP contribution is -2.40. The molecule has 3 aromatic rings. The number of amides is 2. The highest BCUT2D eigenvalue weighted by atomic mass is 16.3. The molecule has 1 atom stereocenters. The number of carbonyl (C=O) groups is 2. The van der Waals surface area contributed by atoms with Crippen LogP contribution in [0.2, 0.25) is 0 Å². The van der Waals surface area contributed by atoms with Crippen molar-refractivity contribution in [2.24, 2.45) is 7.05 Å². The molecule has 0 spiro atoms. The normalized spacial score (nSPS) is 16.1. The van der Waals surface area contributed by atoms with Crippen molar-refractivity contribution in [3.63, 3.8) is 0 Å². The number of rotatable bonds is 4. The number of hydrogen-bond acceptors (Lipinski definition) is 5. The molecule has 162 valence electrons. The minimum Gasteiger partial charge on any atom is -0.508 e. The number of aryl methyl sites for hydroxylation is 1. The Kier molecular flexibility index (Phi) is 5.32.